The Balaban J connectivity index is 2.37. The smallest absolute Gasteiger partial charge is 0.137 e. The van der Waals surface area contributed by atoms with Crippen LogP contribution < -0.4 is 10.1 Å². The molecule has 18 heavy (non-hydrogen) atoms. The highest BCUT2D eigenvalue weighted by molar-refractivity contribution is 6.32. The summed E-state index contributed by atoms with van der Waals surface area (Å²) in [5.41, 5.74) is 1.08. The van der Waals surface area contributed by atoms with Crippen LogP contribution in [0.15, 0.2) is 18.2 Å². The molecule has 0 aromatic heterocycles. The van der Waals surface area contributed by atoms with Gasteiger partial charge in [0, 0.05) is 13.1 Å². The standard InChI is InChI=1S/C14H22ClNO2/c1-10(2)6-12(17)9-16-8-11-4-5-14(18-3)13(15)7-11/h4-5,7,10,12,16-17H,6,8-9H2,1-3H3. The molecule has 0 radical (unpaired) electrons. The van der Waals surface area contributed by atoms with E-state index < -0.39 is 0 Å². The monoisotopic (exact) mass is 271 g/mol. The Morgan fingerprint density at radius 3 is 2.67 bits per heavy atom. The minimum atomic E-state index is -0.293. The Bertz CT molecular complexity index is 369. The van der Waals surface area contributed by atoms with Gasteiger partial charge in [0.25, 0.3) is 0 Å². The van der Waals surface area contributed by atoms with E-state index in [1.165, 1.54) is 0 Å². The molecular formula is C14H22ClNO2. The molecular weight excluding hydrogens is 250 g/mol. The number of rotatable bonds is 7. The Labute approximate surface area is 114 Å². The van der Waals surface area contributed by atoms with Gasteiger partial charge in [-0.25, -0.2) is 0 Å². The number of ether oxygens (including phenoxy) is 1. The third kappa shape index (κ3) is 5.25. The molecule has 102 valence electrons. The van der Waals surface area contributed by atoms with E-state index in [-0.39, 0.29) is 6.10 Å². The molecule has 1 aromatic carbocycles. The molecule has 1 aromatic rings. The predicted molar refractivity (Wildman–Crippen MR) is 75.2 cm³/mol. The van der Waals surface area contributed by atoms with Crippen molar-refractivity contribution in [3.8, 4) is 5.75 Å². The molecule has 1 unspecified atom stereocenters. The van der Waals surface area contributed by atoms with Crippen molar-refractivity contribution in [3.05, 3.63) is 28.8 Å². The van der Waals surface area contributed by atoms with Gasteiger partial charge in [-0.05, 0) is 30.0 Å². The number of halogens is 1. The maximum absolute atomic E-state index is 9.73. The fourth-order valence-electron chi connectivity index (χ4n) is 1.83. The van der Waals surface area contributed by atoms with E-state index in [0.717, 1.165) is 12.0 Å². The van der Waals surface area contributed by atoms with Gasteiger partial charge >= 0.3 is 0 Å². The van der Waals surface area contributed by atoms with Gasteiger partial charge in [0.15, 0.2) is 0 Å². The highest BCUT2D eigenvalue weighted by Crippen LogP contribution is 2.24. The summed E-state index contributed by atoms with van der Waals surface area (Å²) in [6, 6.07) is 5.69. The quantitative estimate of drug-likeness (QED) is 0.801. The van der Waals surface area contributed by atoms with E-state index in [2.05, 4.69) is 19.2 Å². The van der Waals surface area contributed by atoms with Gasteiger partial charge in [0.1, 0.15) is 5.75 Å². The van der Waals surface area contributed by atoms with E-state index in [0.29, 0.717) is 29.8 Å². The Kier molecular flexibility index (Phi) is 6.47. The minimum Gasteiger partial charge on any atom is -0.495 e. The van der Waals surface area contributed by atoms with Crippen molar-refractivity contribution in [2.45, 2.75) is 32.9 Å². The van der Waals surface area contributed by atoms with Gasteiger partial charge in [0.2, 0.25) is 0 Å². The van der Waals surface area contributed by atoms with Crippen LogP contribution >= 0.6 is 11.6 Å². The average Bonchev–Trinajstić information content (AvgIpc) is 2.28. The third-order valence-electron chi connectivity index (χ3n) is 2.67. The van der Waals surface area contributed by atoms with E-state index in [4.69, 9.17) is 16.3 Å². The number of hydrogen-bond acceptors (Lipinski definition) is 3. The molecule has 0 aliphatic rings. The molecule has 0 spiro atoms. The van der Waals surface area contributed by atoms with E-state index in [1.807, 2.05) is 18.2 Å². The maximum atomic E-state index is 9.73. The number of hydrogen-bond donors (Lipinski definition) is 2. The molecule has 0 amide bonds. The van der Waals surface area contributed by atoms with Crippen LogP contribution in [0.3, 0.4) is 0 Å². The summed E-state index contributed by atoms with van der Waals surface area (Å²) in [6.07, 6.45) is 0.523. The van der Waals surface area contributed by atoms with Crippen molar-refractivity contribution >= 4 is 11.6 Å². The number of nitrogens with one attached hydrogen (secondary N) is 1. The second kappa shape index (κ2) is 7.62. The number of aliphatic hydroxyl groups excluding tert-OH is 1. The van der Waals surface area contributed by atoms with Gasteiger partial charge in [0.05, 0.1) is 18.2 Å². The van der Waals surface area contributed by atoms with Crippen LogP contribution in [-0.4, -0.2) is 24.9 Å². The first-order valence-corrected chi connectivity index (χ1v) is 6.62. The van der Waals surface area contributed by atoms with Crippen molar-refractivity contribution in [2.75, 3.05) is 13.7 Å². The SMILES string of the molecule is COc1ccc(CNCC(O)CC(C)C)cc1Cl. The fraction of sp³-hybridized carbons (Fsp3) is 0.571. The van der Waals surface area contributed by atoms with E-state index >= 15 is 0 Å². The van der Waals surface area contributed by atoms with Crippen molar-refractivity contribution in [3.63, 3.8) is 0 Å². The molecule has 0 heterocycles. The zero-order chi connectivity index (χ0) is 13.5. The zero-order valence-corrected chi connectivity index (χ0v) is 12.0. The first-order chi connectivity index (χ1) is 8.52. The van der Waals surface area contributed by atoms with Crippen LogP contribution in [0.1, 0.15) is 25.8 Å². The number of aliphatic hydroxyl groups is 1. The van der Waals surface area contributed by atoms with Gasteiger partial charge < -0.3 is 15.2 Å². The lowest BCUT2D eigenvalue weighted by Crippen LogP contribution is -2.27. The predicted octanol–water partition coefficient (Wildman–Crippen LogP) is 2.85. The summed E-state index contributed by atoms with van der Waals surface area (Å²) in [7, 11) is 1.60. The van der Waals surface area contributed by atoms with Gasteiger partial charge in [-0.3, -0.25) is 0 Å². The summed E-state index contributed by atoms with van der Waals surface area (Å²) < 4.78 is 5.09. The number of methoxy groups -OCH3 is 1. The lowest BCUT2D eigenvalue weighted by Gasteiger charge is -2.14. The molecule has 1 atom stereocenters. The first-order valence-electron chi connectivity index (χ1n) is 6.24. The Hall–Kier alpha value is -0.770. The Morgan fingerprint density at radius 1 is 1.39 bits per heavy atom. The molecule has 0 aliphatic carbocycles. The molecule has 0 saturated heterocycles. The normalized spacial score (nSPS) is 12.8. The van der Waals surface area contributed by atoms with Gasteiger partial charge in [-0.15, -0.1) is 0 Å². The summed E-state index contributed by atoms with van der Waals surface area (Å²) in [4.78, 5) is 0. The molecule has 0 bridgehead atoms. The van der Waals surface area contributed by atoms with Crippen LogP contribution in [-0.2, 0) is 6.54 Å². The fourth-order valence-corrected chi connectivity index (χ4v) is 2.11. The van der Waals surface area contributed by atoms with E-state index in [1.54, 1.807) is 7.11 Å². The third-order valence-corrected chi connectivity index (χ3v) is 2.96. The molecule has 1 rings (SSSR count). The molecule has 0 saturated carbocycles. The van der Waals surface area contributed by atoms with Crippen molar-refractivity contribution < 1.29 is 9.84 Å². The van der Waals surface area contributed by atoms with Crippen molar-refractivity contribution in [2.24, 2.45) is 5.92 Å². The second-order valence-corrected chi connectivity index (χ2v) is 5.29. The van der Waals surface area contributed by atoms with Crippen molar-refractivity contribution in [1.82, 2.24) is 5.32 Å². The largest absolute Gasteiger partial charge is 0.495 e. The first kappa shape index (κ1) is 15.3. The summed E-state index contributed by atoms with van der Waals surface area (Å²) in [6.45, 7) is 5.50. The van der Waals surface area contributed by atoms with Crippen LogP contribution in [0.2, 0.25) is 5.02 Å². The topological polar surface area (TPSA) is 41.5 Å². The van der Waals surface area contributed by atoms with Crippen molar-refractivity contribution in [1.29, 1.82) is 0 Å². The minimum absolute atomic E-state index is 0.293. The molecule has 2 N–H and O–H groups in total. The van der Waals surface area contributed by atoms with Crippen LogP contribution in [0.5, 0.6) is 5.75 Å². The molecule has 0 aliphatic heterocycles. The van der Waals surface area contributed by atoms with Gasteiger partial charge in [-0.1, -0.05) is 31.5 Å². The van der Waals surface area contributed by atoms with E-state index in [9.17, 15) is 5.11 Å². The second-order valence-electron chi connectivity index (χ2n) is 4.88. The highest BCUT2D eigenvalue weighted by Gasteiger charge is 2.07. The van der Waals surface area contributed by atoms with Crippen LogP contribution in [0.4, 0.5) is 0 Å². The lowest BCUT2D eigenvalue weighted by molar-refractivity contribution is 0.146. The summed E-state index contributed by atoms with van der Waals surface area (Å²) >= 11 is 6.04. The molecule has 4 heteroatoms. The summed E-state index contributed by atoms with van der Waals surface area (Å²) in [5, 5.41) is 13.6. The molecule has 0 fully saturated rings. The Morgan fingerprint density at radius 2 is 2.11 bits per heavy atom. The van der Waals surface area contributed by atoms with Crippen LogP contribution in [0, 0.1) is 5.92 Å². The van der Waals surface area contributed by atoms with Crippen LogP contribution in [0.25, 0.3) is 0 Å². The van der Waals surface area contributed by atoms with Gasteiger partial charge in [-0.2, -0.15) is 0 Å². The maximum Gasteiger partial charge on any atom is 0.137 e. The zero-order valence-electron chi connectivity index (χ0n) is 11.2. The highest BCUT2D eigenvalue weighted by atomic mass is 35.5. The average molecular weight is 272 g/mol. The lowest BCUT2D eigenvalue weighted by atomic mass is 10.1. The molecule has 3 nitrogen and oxygen atoms in total. The summed E-state index contributed by atoms with van der Waals surface area (Å²) in [5.74, 6) is 1.19. The number of benzene rings is 1.